The molecule has 1 aliphatic heterocycles. The van der Waals surface area contributed by atoms with Crippen molar-refractivity contribution in [1.82, 2.24) is 24.6 Å². The fraction of sp³-hybridized carbons (Fsp3) is 0.478. The van der Waals surface area contributed by atoms with E-state index >= 15 is 0 Å². The normalized spacial score (nSPS) is 17.5. The summed E-state index contributed by atoms with van der Waals surface area (Å²) in [4.78, 5) is 27.1. The fourth-order valence-electron chi connectivity index (χ4n) is 4.30. The smallest absolute Gasteiger partial charge is 0.257 e. The molecule has 0 radical (unpaired) electrons. The molecule has 0 atom stereocenters. The lowest BCUT2D eigenvalue weighted by Gasteiger charge is -2.30. The monoisotopic (exact) mass is 421 g/mol. The van der Waals surface area contributed by atoms with Crippen molar-refractivity contribution >= 4 is 17.2 Å². The Labute approximate surface area is 181 Å². The van der Waals surface area contributed by atoms with Crippen LogP contribution in [0.4, 0.5) is 0 Å². The van der Waals surface area contributed by atoms with Crippen LogP contribution in [0.5, 0.6) is 0 Å². The summed E-state index contributed by atoms with van der Waals surface area (Å²) in [5.74, 6) is 1.71. The Morgan fingerprint density at radius 1 is 1.17 bits per heavy atom. The zero-order valence-electron chi connectivity index (χ0n) is 17.8. The SMILES string of the molecule is Cc1cc(-c2ccnc(-n3ncc(C(=O)N4CCC(C)CC4)c3C3CC3)n2)c(C)s1. The zero-order chi connectivity index (χ0) is 20.8. The quantitative estimate of drug-likeness (QED) is 0.609. The van der Waals surface area contributed by atoms with Gasteiger partial charge in [0.1, 0.15) is 0 Å². The van der Waals surface area contributed by atoms with Gasteiger partial charge < -0.3 is 4.90 Å². The lowest BCUT2D eigenvalue weighted by atomic mass is 9.98. The number of aromatic nitrogens is 4. The summed E-state index contributed by atoms with van der Waals surface area (Å²) in [6, 6.07) is 4.11. The molecular weight excluding hydrogens is 394 g/mol. The van der Waals surface area contributed by atoms with E-state index in [1.165, 1.54) is 9.75 Å². The van der Waals surface area contributed by atoms with Crippen LogP contribution in [0.2, 0.25) is 0 Å². The number of piperidine rings is 1. The van der Waals surface area contributed by atoms with E-state index in [-0.39, 0.29) is 5.91 Å². The van der Waals surface area contributed by atoms with Crippen LogP contribution >= 0.6 is 11.3 Å². The molecule has 1 aliphatic carbocycles. The number of carbonyl (C=O) groups is 1. The van der Waals surface area contributed by atoms with Crippen LogP contribution in [0.1, 0.15) is 64.3 Å². The maximum atomic E-state index is 13.3. The molecule has 3 aromatic heterocycles. The van der Waals surface area contributed by atoms with Gasteiger partial charge in [-0.15, -0.1) is 11.3 Å². The lowest BCUT2D eigenvalue weighted by molar-refractivity contribution is 0.0696. The Kier molecular flexibility index (Phi) is 4.93. The first-order valence-electron chi connectivity index (χ1n) is 10.8. The second-order valence-electron chi connectivity index (χ2n) is 8.67. The molecule has 3 aromatic rings. The summed E-state index contributed by atoms with van der Waals surface area (Å²) in [7, 11) is 0. The predicted octanol–water partition coefficient (Wildman–Crippen LogP) is 4.76. The van der Waals surface area contributed by atoms with Crippen molar-refractivity contribution in [1.29, 1.82) is 0 Å². The standard InChI is InChI=1S/C23H27N5OS/c1-14-7-10-27(11-8-14)22(29)19-13-25-28(21(19)17-4-5-17)23-24-9-6-20(26-23)18-12-15(2)30-16(18)3/h6,9,12-14,17H,4-5,7-8,10-11H2,1-3H3. The van der Waals surface area contributed by atoms with Gasteiger partial charge in [-0.2, -0.15) is 5.10 Å². The van der Waals surface area contributed by atoms with E-state index < -0.39 is 0 Å². The van der Waals surface area contributed by atoms with Gasteiger partial charge in [-0.25, -0.2) is 14.6 Å². The zero-order valence-corrected chi connectivity index (χ0v) is 18.6. The molecule has 5 rings (SSSR count). The molecule has 0 unspecified atom stereocenters. The highest BCUT2D eigenvalue weighted by molar-refractivity contribution is 7.12. The van der Waals surface area contributed by atoms with Crippen LogP contribution < -0.4 is 0 Å². The largest absolute Gasteiger partial charge is 0.339 e. The van der Waals surface area contributed by atoms with Crippen molar-refractivity contribution in [2.45, 2.75) is 52.4 Å². The first kappa shape index (κ1) is 19.4. The van der Waals surface area contributed by atoms with Gasteiger partial charge >= 0.3 is 0 Å². The average Bonchev–Trinajstić information content (AvgIpc) is 3.39. The van der Waals surface area contributed by atoms with Crippen LogP contribution in [0.15, 0.2) is 24.5 Å². The number of hydrogen-bond donors (Lipinski definition) is 0. The van der Waals surface area contributed by atoms with Gasteiger partial charge in [-0.1, -0.05) is 6.92 Å². The van der Waals surface area contributed by atoms with Gasteiger partial charge in [0.05, 0.1) is 23.1 Å². The highest BCUT2D eigenvalue weighted by Gasteiger charge is 2.35. The van der Waals surface area contributed by atoms with Gasteiger partial charge in [0.25, 0.3) is 11.9 Å². The highest BCUT2D eigenvalue weighted by Crippen LogP contribution is 2.42. The molecule has 7 heteroatoms. The molecule has 30 heavy (non-hydrogen) atoms. The Morgan fingerprint density at radius 3 is 2.60 bits per heavy atom. The second kappa shape index (κ2) is 7.61. The third kappa shape index (κ3) is 3.55. The topological polar surface area (TPSA) is 63.9 Å². The summed E-state index contributed by atoms with van der Waals surface area (Å²) in [6.45, 7) is 8.16. The van der Waals surface area contributed by atoms with Crippen molar-refractivity contribution in [2.24, 2.45) is 5.92 Å². The molecule has 1 amide bonds. The fourth-order valence-corrected chi connectivity index (χ4v) is 5.23. The van der Waals surface area contributed by atoms with E-state index in [0.717, 1.165) is 61.3 Å². The molecule has 0 aromatic carbocycles. The number of amides is 1. The van der Waals surface area contributed by atoms with Gasteiger partial charge in [-0.3, -0.25) is 4.79 Å². The molecule has 0 N–H and O–H groups in total. The van der Waals surface area contributed by atoms with Crippen molar-refractivity contribution in [3.8, 4) is 17.2 Å². The number of nitrogens with zero attached hydrogens (tertiary/aromatic N) is 5. The summed E-state index contributed by atoms with van der Waals surface area (Å²) >= 11 is 1.77. The van der Waals surface area contributed by atoms with E-state index in [2.05, 4.69) is 36.9 Å². The Hall–Kier alpha value is -2.54. The Morgan fingerprint density at radius 2 is 1.93 bits per heavy atom. The first-order valence-corrected chi connectivity index (χ1v) is 11.6. The van der Waals surface area contributed by atoms with E-state index in [1.807, 2.05) is 11.0 Å². The van der Waals surface area contributed by atoms with E-state index in [1.54, 1.807) is 28.4 Å². The minimum atomic E-state index is 0.107. The van der Waals surface area contributed by atoms with Crippen molar-refractivity contribution in [2.75, 3.05) is 13.1 Å². The number of aryl methyl sites for hydroxylation is 2. The number of rotatable bonds is 4. The number of hydrogen-bond acceptors (Lipinski definition) is 5. The number of likely N-dealkylation sites (tertiary alicyclic amines) is 1. The third-order valence-corrected chi connectivity index (χ3v) is 7.19. The molecule has 2 aliphatic rings. The van der Waals surface area contributed by atoms with Gasteiger partial charge in [-0.05, 0) is 57.6 Å². The molecule has 2 fully saturated rings. The van der Waals surface area contributed by atoms with Crippen LogP contribution in [0.3, 0.4) is 0 Å². The van der Waals surface area contributed by atoms with Gasteiger partial charge in [0.15, 0.2) is 0 Å². The van der Waals surface area contributed by atoms with E-state index in [9.17, 15) is 4.79 Å². The summed E-state index contributed by atoms with van der Waals surface area (Å²) < 4.78 is 1.80. The average molecular weight is 422 g/mol. The van der Waals surface area contributed by atoms with E-state index in [4.69, 9.17) is 4.98 Å². The predicted molar refractivity (Wildman–Crippen MR) is 118 cm³/mol. The molecule has 0 bridgehead atoms. The van der Waals surface area contributed by atoms with Crippen LogP contribution in [-0.4, -0.2) is 43.6 Å². The van der Waals surface area contributed by atoms with E-state index in [0.29, 0.717) is 17.8 Å². The van der Waals surface area contributed by atoms with Gasteiger partial charge in [0.2, 0.25) is 0 Å². The van der Waals surface area contributed by atoms with Crippen molar-refractivity contribution in [3.63, 3.8) is 0 Å². The highest BCUT2D eigenvalue weighted by atomic mass is 32.1. The second-order valence-corrected chi connectivity index (χ2v) is 10.1. The minimum absolute atomic E-state index is 0.107. The molecule has 6 nitrogen and oxygen atoms in total. The Balaban J connectivity index is 1.51. The van der Waals surface area contributed by atoms with Crippen LogP contribution in [0.25, 0.3) is 17.2 Å². The maximum absolute atomic E-state index is 13.3. The molecule has 4 heterocycles. The van der Waals surface area contributed by atoms with Crippen LogP contribution in [-0.2, 0) is 0 Å². The summed E-state index contributed by atoms with van der Waals surface area (Å²) in [6.07, 6.45) is 7.84. The maximum Gasteiger partial charge on any atom is 0.257 e. The minimum Gasteiger partial charge on any atom is -0.339 e. The van der Waals surface area contributed by atoms with Crippen molar-refractivity contribution in [3.05, 3.63) is 45.5 Å². The number of carbonyl (C=O) groups excluding carboxylic acids is 1. The lowest BCUT2D eigenvalue weighted by Crippen LogP contribution is -2.38. The Bertz CT molecular complexity index is 1090. The molecule has 1 saturated carbocycles. The van der Waals surface area contributed by atoms with Crippen LogP contribution in [0, 0.1) is 19.8 Å². The molecule has 156 valence electrons. The number of thiophene rings is 1. The molecule has 1 saturated heterocycles. The third-order valence-electron chi connectivity index (χ3n) is 6.22. The summed E-state index contributed by atoms with van der Waals surface area (Å²) in [5, 5.41) is 4.59. The first-order chi connectivity index (χ1) is 14.5. The molecule has 0 spiro atoms. The van der Waals surface area contributed by atoms with Crippen molar-refractivity contribution < 1.29 is 4.79 Å². The molecular formula is C23H27N5OS. The van der Waals surface area contributed by atoms with Gasteiger partial charge in [0, 0.05) is 40.5 Å². The summed E-state index contributed by atoms with van der Waals surface area (Å²) in [5.41, 5.74) is 3.75.